The topological polar surface area (TPSA) is 72.9 Å². The lowest BCUT2D eigenvalue weighted by Gasteiger charge is -2.21. The van der Waals surface area contributed by atoms with Crippen LogP contribution in [-0.4, -0.2) is 38.1 Å². The van der Waals surface area contributed by atoms with Crippen LogP contribution in [0.5, 0.6) is 0 Å². The van der Waals surface area contributed by atoms with E-state index in [4.69, 9.17) is 16.0 Å². The molecular weight excluding hydrogens is 444 g/mol. The van der Waals surface area contributed by atoms with Crippen molar-refractivity contribution < 1.29 is 4.42 Å². The quantitative estimate of drug-likeness (QED) is 0.299. The molecule has 32 heavy (non-hydrogen) atoms. The van der Waals surface area contributed by atoms with Crippen molar-refractivity contribution in [1.29, 1.82) is 0 Å². The van der Waals surface area contributed by atoms with Crippen molar-refractivity contribution in [1.82, 2.24) is 25.0 Å². The Bertz CT molecular complexity index is 1190. The zero-order chi connectivity index (χ0) is 22.7. The molecule has 0 saturated carbocycles. The van der Waals surface area contributed by atoms with E-state index in [1.54, 1.807) is 6.07 Å². The monoisotopic (exact) mass is 468 g/mol. The van der Waals surface area contributed by atoms with E-state index < -0.39 is 0 Å². The molecule has 0 fully saturated rings. The number of rotatable bonds is 8. The van der Waals surface area contributed by atoms with Gasteiger partial charge in [0, 0.05) is 42.0 Å². The van der Waals surface area contributed by atoms with Crippen LogP contribution in [0.1, 0.15) is 31.9 Å². The molecule has 0 aliphatic rings. The van der Waals surface area contributed by atoms with Crippen LogP contribution in [0.3, 0.4) is 0 Å². The Hall–Kier alpha value is -2.84. The fourth-order valence-electron chi connectivity index (χ4n) is 3.42. The molecular formula is C23H25ClN6OS. The molecule has 4 aromatic rings. The Morgan fingerprint density at radius 2 is 1.75 bits per heavy atom. The van der Waals surface area contributed by atoms with E-state index in [9.17, 15) is 0 Å². The number of aromatic nitrogens is 5. The fraction of sp³-hybridized carbons (Fsp3) is 0.304. The van der Waals surface area contributed by atoms with E-state index in [2.05, 4.69) is 63.4 Å². The summed E-state index contributed by atoms with van der Waals surface area (Å²) in [7, 11) is 1.97. The predicted molar refractivity (Wildman–Crippen MR) is 129 cm³/mol. The van der Waals surface area contributed by atoms with E-state index in [-0.39, 0.29) is 5.25 Å². The highest BCUT2D eigenvalue weighted by atomic mass is 35.5. The minimum atomic E-state index is -0.0868. The van der Waals surface area contributed by atoms with Gasteiger partial charge in [0.1, 0.15) is 0 Å². The Morgan fingerprint density at radius 1 is 1.00 bits per heavy atom. The second-order valence-electron chi connectivity index (χ2n) is 7.30. The fourth-order valence-corrected chi connectivity index (χ4v) is 4.46. The molecule has 0 aliphatic carbocycles. The molecule has 0 saturated heterocycles. The predicted octanol–water partition coefficient (Wildman–Crippen LogP) is 5.89. The third-order valence-electron chi connectivity index (χ3n) is 5.23. The van der Waals surface area contributed by atoms with Gasteiger partial charge in [-0.05, 0) is 63.2 Å². The summed E-state index contributed by atoms with van der Waals surface area (Å²) in [4.78, 5) is 2.31. The maximum atomic E-state index is 6.07. The Kier molecular flexibility index (Phi) is 6.81. The highest BCUT2D eigenvalue weighted by Crippen LogP contribution is 2.35. The largest absolute Gasteiger partial charge is 0.419 e. The van der Waals surface area contributed by atoms with E-state index in [0.29, 0.717) is 16.8 Å². The zero-order valence-corrected chi connectivity index (χ0v) is 20.1. The number of nitrogens with zero attached hydrogens (tertiary/aromatic N) is 6. The summed E-state index contributed by atoms with van der Waals surface area (Å²) in [5.74, 6) is 1.79. The summed E-state index contributed by atoms with van der Waals surface area (Å²) in [6, 6.07) is 15.8. The van der Waals surface area contributed by atoms with Crippen molar-refractivity contribution >= 4 is 29.1 Å². The standard InChI is InChI=1S/C23H25ClN6OS/c1-5-30(6-2)19-12-10-16(11-13-19)20-25-28-23(29(20)4)32-15(3)21-26-27-22(31-21)17-8-7-9-18(24)14-17/h7-15H,5-6H2,1-4H3/t15-/m0/s1. The van der Waals surface area contributed by atoms with Crippen LogP contribution in [0.25, 0.3) is 22.8 Å². The Balaban J connectivity index is 1.49. The first-order valence-corrected chi connectivity index (χ1v) is 11.8. The summed E-state index contributed by atoms with van der Waals surface area (Å²) in [5, 5.41) is 18.5. The molecule has 9 heteroatoms. The first-order valence-electron chi connectivity index (χ1n) is 10.5. The van der Waals surface area contributed by atoms with Gasteiger partial charge in [-0.3, -0.25) is 0 Å². The van der Waals surface area contributed by atoms with Gasteiger partial charge in [-0.15, -0.1) is 20.4 Å². The van der Waals surface area contributed by atoms with Crippen molar-refractivity contribution in [3.05, 3.63) is 59.4 Å². The zero-order valence-electron chi connectivity index (χ0n) is 18.5. The van der Waals surface area contributed by atoms with Crippen LogP contribution >= 0.6 is 23.4 Å². The number of benzene rings is 2. The summed E-state index contributed by atoms with van der Waals surface area (Å²) in [5.41, 5.74) is 3.02. The summed E-state index contributed by atoms with van der Waals surface area (Å²) >= 11 is 7.59. The molecule has 4 rings (SSSR count). The first-order chi connectivity index (χ1) is 15.5. The lowest BCUT2D eigenvalue weighted by atomic mass is 10.2. The molecule has 0 spiro atoms. The third kappa shape index (κ3) is 4.66. The normalized spacial score (nSPS) is 12.2. The number of hydrogen-bond donors (Lipinski definition) is 0. The summed E-state index contributed by atoms with van der Waals surface area (Å²) in [6.07, 6.45) is 0. The minimum Gasteiger partial charge on any atom is -0.419 e. The lowest BCUT2D eigenvalue weighted by Crippen LogP contribution is -2.21. The van der Waals surface area contributed by atoms with Crippen LogP contribution < -0.4 is 4.90 Å². The first kappa shape index (κ1) is 22.4. The number of anilines is 1. The van der Waals surface area contributed by atoms with Gasteiger partial charge in [0.15, 0.2) is 11.0 Å². The van der Waals surface area contributed by atoms with Gasteiger partial charge in [0.25, 0.3) is 0 Å². The molecule has 2 heterocycles. The molecule has 166 valence electrons. The van der Waals surface area contributed by atoms with Crippen molar-refractivity contribution in [3.8, 4) is 22.8 Å². The van der Waals surface area contributed by atoms with Gasteiger partial charge in [-0.25, -0.2) is 0 Å². The van der Waals surface area contributed by atoms with Crippen molar-refractivity contribution in [2.24, 2.45) is 7.05 Å². The molecule has 2 aromatic heterocycles. The van der Waals surface area contributed by atoms with E-state index in [0.717, 1.165) is 35.2 Å². The number of halogens is 1. The highest BCUT2D eigenvalue weighted by Gasteiger charge is 2.20. The Labute approximate surface area is 196 Å². The molecule has 0 amide bonds. The molecule has 7 nitrogen and oxygen atoms in total. The van der Waals surface area contributed by atoms with Gasteiger partial charge in [-0.2, -0.15) is 0 Å². The smallest absolute Gasteiger partial charge is 0.247 e. The third-order valence-corrected chi connectivity index (χ3v) is 6.59. The van der Waals surface area contributed by atoms with Gasteiger partial charge < -0.3 is 13.9 Å². The molecule has 0 unspecified atom stereocenters. The molecule has 0 N–H and O–H groups in total. The van der Waals surface area contributed by atoms with Gasteiger partial charge in [0.2, 0.25) is 11.8 Å². The average Bonchev–Trinajstić information content (AvgIpc) is 3.43. The second kappa shape index (κ2) is 9.75. The maximum absolute atomic E-state index is 6.07. The molecule has 0 radical (unpaired) electrons. The summed E-state index contributed by atoms with van der Waals surface area (Å²) in [6.45, 7) is 8.28. The van der Waals surface area contributed by atoms with Gasteiger partial charge in [0.05, 0.1) is 5.25 Å². The van der Waals surface area contributed by atoms with E-state index >= 15 is 0 Å². The number of thioether (sulfide) groups is 1. The van der Waals surface area contributed by atoms with Gasteiger partial charge in [-0.1, -0.05) is 29.4 Å². The molecule has 1 atom stereocenters. The summed E-state index contributed by atoms with van der Waals surface area (Å²) < 4.78 is 7.87. The van der Waals surface area contributed by atoms with Crippen molar-refractivity contribution in [2.45, 2.75) is 31.2 Å². The molecule has 2 aromatic carbocycles. The molecule has 0 bridgehead atoms. The Morgan fingerprint density at radius 3 is 2.44 bits per heavy atom. The second-order valence-corrected chi connectivity index (χ2v) is 9.04. The van der Waals surface area contributed by atoms with Crippen LogP contribution in [0.2, 0.25) is 5.02 Å². The average molecular weight is 469 g/mol. The molecule has 0 aliphatic heterocycles. The lowest BCUT2D eigenvalue weighted by molar-refractivity contribution is 0.508. The van der Waals surface area contributed by atoms with Gasteiger partial charge >= 0.3 is 0 Å². The maximum Gasteiger partial charge on any atom is 0.247 e. The highest BCUT2D eigenvalue weighted by molar-refractivity contribution is 7.99. The van der Waals surface area contributed by atoms with E-state index in [1.807, 2.05) is 36.7 Å². The van der Waals surface area contributed by atoms with Crippen molar-refractivity contribution in [3.63, 3.8) is 0 Å². The van der Waals surface area contributed by atoms with Crippen molar-refractivity contribution in [2.75, 3.05) is 18.0 Å². The SMILES string of the molecule is CCN(CC)c1ccc(-c2nnc(S[C@@H](C)c3nnc(-c4cccc(Cl)c4)o3)n2C)cc1. The van der Waals surface area contributed by atoms with Crippen LogP contribution in [0.4, 0.5) is 5.69 Å². The number of hydrogen-bond acceptors (Lipinski definition) is 7. The van der Waals surface area contributed by atoms with E-state index in [1.165, 1.54) is 17.4 Å². The van der Waals surface area contributed by atoms with Crippen LogP contribution in [0.15, 0.2) is 58.1 Å². The minimum absolute atomic E-state index is 0.0868. The van der Waals surface area contributed by atoms with Crippen LogP contribution in [0, 0.1) is 0 Å². The van der Waals surface area contributed by atoms with Crippen LogP contribution in [-0.2, 0) is 7.05 Å².